The van der Waals surface area contributed by atoms with Gasteiger partial charge in [-0.15, -0.1) is 0 Å². The van der Waals surface area contributed by atoms with Gasteiger partial charge < -0.3 is 15.7 Å². The third-order valence-electron chi connectivity index (χ3n) is 4.97. The molecule has 0 bridgehead atoms. The molecule has 0 spiro atoms. The predicted molar refractivity (Wildman–Crippen MR) is 70.8 cm³/mol. The largest absolute Gasteiger partial charge is 0.394 e. The second-order valence-electron chi connectivity index (χ2n) is 6.53. The van der Waals surface area contributed by atoms with E-state index in [0.29, 0.717) is 6.04 Å². The Kier molecular flexibility index (Phi) is 4.11. The van der Waals surface area contributed by atoms with Gasteiger partial charge in [0.1, 0.15) is 0 Å². The maximum atomic E-state index is 9.31. The lowest BCUT2D eigenvalue weighted by molar-refractivity contribution is 0.108. The minimum absolute atomic E-state index is 0.145. The minimum atomic E-state index is -0.292. The van der Waals surface area contributed by atoms with Crippen molar-refractivity contribution >= 4 is 0 Å². The third kappa shape index (κ3) is 3.01. The average Bonchev–Trinajstić information content (AvgIpc) is 2.73. The van der Waals surface area contributed by atoms with Gasteiger partial charge in [0.05, 0.1) is 6.61 Å². The SMILES string of the molecule is CC(C)C1CCN(C2CCC(N)(CO)C2)CC1. The van der Waals surface area contributed by atoms with Crippen molar-refractivity contribution in [3.63, 3.8) is 0 Å². The first-order valence-electron chi connectivity index (χ1n) is 7.18. The molecule has 1 heterocycles. The van der Waals surface area contributed by atoms with Crippen LogP contribution in [-0.2, 0) is 0 Å². The van der Waals surface area contributed by atoms with E-state index in [4.69, 9.17) is 5.73 Å². The van der Waals surface area contributed by atoms with E-state index in [9.17, 15) is 5.11 Å². The average molecular weight is 240 g/mol. The topological polar surface area (TPSA) is 49.5 Å². The number of nitrogens with zero attached hydrogens (tertiary/aromatic N) is 1. The Morgan fingerprint density at radius 2 is 1.94 bits per heavy atom. The van der Waals surface area contributed by atoms with E-state index in [-0.39, 0.29) is 12.1 Å². The summed E-state index contributed by atoms with van der Waals surface area (Å²) in [5, 5.41) is 9.31. The highest BCUT2D eigenvalue weighted by Gasteiger charge is 2.38. The van der Waals surface area contributed by atoms with Gasteiger partial charge in [-0.3, -0.25) is 0 Å². The van der Waals surface area contributed by atoms with E-state index in [1.807, 2.05) is 0 Å². The van der Waals surface area contributed by atoms with Crippen LogP contribution >= 0.6 is 0 Å². The first kappa shape index (κ1) is 13.3. The molecule has 17 heavy (non-hydrogen) atoms. The van der Waals surface area contributed by atoms with Crippen LogP contribution in [0.5, 0.6) is 0 Å². The molecule has 2 atom stereocenters. The van der Waals surface area contributed by atoms with Crippen LogP contribution in [0, 0.1) is 11.8 Å². The number of hydrogen-bond donors (Lipinski definition) is 2. The van der Waals surface area contributed by atoms with Crippen molar-refractivity contribution < 1.29 is 5.11 Å². The number of nitrogens with two attached hydrogens (primary N) is 1. The van der Waals surface area contributed by atoms with Gasteiger partial charge in [0, 0.05) is 11.6 Å². The Balaban J connectivity index is 1.82. The molecule has 0 amide bonds. The maximum Gasteiger partial charge on any atom is 0.0611 e. The summed E-state index contributed by atoms with van der Waals surface area (Å²) in [6.07, 6.45) is 5.81. The lowest BCUT2D eigenvalue weighted by Crippen LogP contribution is -2.45. The van der Waals surface area contributed by atoms with E-state index in [0.717, 1.165) is 24.7 Å². The summed E-state index contributed by atoms with van der Waals surface area (Å²) in [6.45, 7) is 7.29. The van der Waals surface area contributed by atoms with Crippen molar-refractivity contribution in [1.82, 2.24) is 4.90 Å². The lowest BCUT2D eigenvalue weighted by Gasteiger charge is -2.38. The van der Waals surface area contributed by atoms with Crippen molar-refractivity contribution in [3.8, 4) is 0 Å². The Labute approximate surface area is 105 Å². The molecule has 1 aliphatic carbocycles. The van der Waals surface area contributed by atoms with Crippen molar-refractivity contribution in [1.29, 1.82) is 0 Å². The van der Waals surface area contributed by atoms with Crippen LogP contribution in [0.15, 0.2) is 0 Å². The Bertz CT molecular complexity index is 249. The second kappa shape index (κ2) is 5.25. The Morgan fingerprint density at radius 1 is 1.29 bits per heavy atom. The quantitative estimate of drug-likeness (QED) is 0.788. The zero-order valence-electron chi connectivity index (χ0n) is 11.4. The molecule has 0 aromatic rings. The second-order valence-corrected chi connectivity index (χ2v) is 6.53. The molecule has 3 nitrogen and oxygen atoms in total. The monoisotopic (exact) mass is 240 g/mol. The van der Waals surface area contributed by atoms with Crippen molar-refractivity contribution in [3.05, 3.63) is 0 Å². The number of piperidine rings is 1. The summed E-state index contributed by atoms with van der Waals surface area (Å²) in [5.41, 5.74) is 5.86. The fourth-order valence-corrected chi connectivity index (χ4v) is 3.53. The van der Waals surface area contributed by atoms with Crippen LogP contribution < -0.4 is 5.73 Å². The number of aliphatic hydroxyl groups is 1. The van der Waals surface area contributed by atoms with Crippen LogP contribution in [0.1, 0.15) is 46.0 Å². The van der Waals surface area contributed by atoms with Crippen molar-refractivity contribution in [2.24, 2.45) is 17.6 Å². The standard InChI is InChI=1S/C14H28N2O/c1-11(2)12-4-7-16(8-5-12)13-3-6-14(15,9-13)10-17/h11-13,17H,3-10,15H2,1-2H3. The summed E-state index contributed by atoms with van der Waals surface area (Å²) in [7, 11) is 0. The molecular weight excluding hydrogens is 212 g/mol. The van der Waals surface area contributed by atoms with Gasteiger partial charge in [-0.1, -0.05) is 13.8 Å². The van der Waals surface area contributed by atoms with E-state index < -0.39 is 0 Å². The summed E-state index contributed by atoms with van der Waals surface area (Å²) >= 11 is 0. The van der Waals surface area contributed by atoms with E-state index in [1.165, 1.54) is 32.4 Å². The molecule has 1 saturated heterocycles. The molecule has 1 aliphatic heterocycles. The van der Waals surface area contributed by atoms with E-state index >= 15 is 0 Å². The van der Waals surface area contributed by atoms with Crippen molar-refractivity contribution in [2.75, 3.05) is 19.7 Å². The fourth-order valence-electron chi connectivity index (χ4n) is 3.53. The molecule has 2 unspecified atom stereocenters. The number of hydrogen-bond acceptors (Lipinski definition) is 3. The normalized spacial score (nSPS) is 36.9. The highest BCUT2D eigenvalue weighted by atomic mass is 16.3. The predicted octanol–water partition coefficient (Wildman–Crippen LogP) is 1.60. The van der Waals surface area contributed by atoms with Gasteiger partial charge in [-0.05, 0) is 57.0 Å². The molecule has 0 aromatic carbocycles. The Morgan fingerprint density at radius 3 is 2.41 bits per heavy atom. The van der Waals surface area contributed by atoms with Gasteiger partial charge in [0.15, 0.2) is 0 Å². The summed E-state index contributed by atoms with van der Waals surface area (Å²) in [5.74, 6) is 1.74. The Hall–Kier alpha value is -0.120. The van der Waals surface area contributed by atoms with Crippen LogP contribution in [0.3, 0.4) is 0 Å². The smallest absolute Gasteiger partial charge is 0.0611 e. The highest BCUT2D eigenvalue weighted by molar-refractivity contribution is 4.97. The maximum absolute atomic E-state index is 9.31. The first-order valence-corrected chi connectivity index (χ1v) is 7.18. The fraction of sp³-hybridized carbons (Fsp3) is 1.00. The van der Waals surface area contributed by atoms with Gasteiger partial charge >= 0.3 is 0 Å². The molecule has 2 aliphatic rings. The molecule has 0 radical (unpaired) electrons. The molecule has 2 rings (SSSR count). The number of rotatable bonds is 3. The molecule has 2 fully saturated rings. The van der Waals surface area contributed by atoms with E-state index in [1.54, 1.807) is 0 Å². The zero-order chi connectivity index (χ0) is 12.5. The third-order valence-corrected chi connectivity index (χ3v) is 4.97. The summed E-state index contributed by atoms with van der Waals surface area (Å²) in [6, 6.07) is 0.625. The van der Waals surface area contributed by atoms with Crippen LogP contribution in [-0.4, -0.2) is 41.3 Å². The molecule has 100 valence electrons. The molecule has 3 N–H and O–H groups in total. The van der Waals surface area contributed by atoms with Crippen LogP contribution in [0.2, 0.25) is 0 Å². The lowest BCUT2D eigenvalue weighted by atomic mass is 9.86. The summed E-state index contributed by atoms with van der Waals surface area (Å²) < 4.78 is 0. The van der Waals surface area contributed by atoms with Gasteiger partial charge in [-0.2, -0.15) is 0 Å². The summed E-state index contributed by atoms with van der Waals surface area (Å²) in [4.78, 5) is 2.61. The van der Waals surface area contributed by atoms with Crippen molar-refractivity contribution in [2.45, 2.75) is 57.5 Å². The molecule has 3 heteroatoms. The van der Waals surface area contributed by atoms with Gasteiger partial charge in [0.25, 0.3) is 0 Å². The van der Waals surface area contributed by atoms with E-state index in [2.05, 4.69) is 18.7 Å². The minimum Gasteiger partial charge on any atom is -0.394 e. The highest BCUT2D eigenvalue weighted by Crippen LogP contribution is 2.34. The number of likely N-dealkylation sites (tertiary alicyclic amines) is 1. The molecule has 0 aromatic heterocycles. The molecular formula is C14H28N2O. The number of aliphatic hydroxyl groups excluding tert-OH is 1. The first-order chi connectivity index (χ1) is 8.04. The molecule has 1 saturated carbocycles. The van der Waals surface area contributed by atoms with Crippen LogP contribution in [0.4, 0.5) is 0 Å². The van der Waals surface area contributed by atoms with Gasteiger partial charge in [0.2, 0.25) is 0 Å². The van der Waals surface area contributed by atoms with Crippen LogP contribution in [0.25, 0.3) is 0 Å². The van der Waals surface area contributed by atoms with Gasteiger partial charge in [-0.25, -0.2) is 0 Å². The zero-order valence-corrected chi connectivity index (χ0v) is 11.4.